The molecule has 0 aromatic carbocycles. The molecule has 0 spiro atoms. The summed E-state index contributed by atoms with van der Waals surface area (Å²) in [5, 5.41) is 2.57. The van der Waals surface area contributed by atoms with E-state index in [1.807, 2.05) is 0 Å². The first-order chi connectivity index (χ1) is 7.50. The van der Waals surface area contributed by atoms with Gasteiger partial charge in [-0.2, -0.15) is 0 Å². The minimum Gasteiger partial charge on any atom is -0.366 e. The number of carbonyl (C=O) groups excluding carboxylic acids is 2. The molecule has 0 aliphatic carbocycles. The van der Waals surface area contributed by atoms with E-state index in [-0.39, 0.29) is 18.2 Å². The van der Waals surface area contributed by atoms with Crippen LogP contribution in [0.15, 0.2) is 0 Å². The van der Waals surface area contributed by atoms with Gasteiger partial charge in [0.15, 0.2) is 0 Å². The van der Waals surface area contributed by atoms with Crippen LogP contribution in [-0.2, 0) is 14.3 Å². The van der Waals surface area contributed by atoms with E-state index >= 15 is 0 Å². The van der Waals surface area contributed by atoms with E-state index < -0.39 is 6.10 Å². The van der Waals surface area contributed by atoms with Gasteiger partial charge in [-0.05, 0) is 20.8 Å². The molecular weight excluding hydrogens is 208 g/mol. The predicted octanol–water partition coefficient (Wildman–Crippen LogP) is -0.199. The molecule has 0 aromatic heterocycles. The van der Waals surface area contributed by atoms with Crippen LogP contribution in [0.4, 0.5) is 0 Å². The molecular formula is C11H20N2O3. The fourth-order valence-corrected chi connectivity index (χ4v) is 1.62. The summed E-state index contributed by atoms with van der Waals surface area (Å²) in [5.74, 6) is -0.245. The van der Waals surface area contributed by atoms with Crippen LogP contribution >= 0.6 is 0 Å². The predicted molar refractivity (Wildman–Crippen MR) is 60.1 cm³/mol. The van der Waals surface area contributed by atoms with Gasteiger partial charge in [0.05, 0.1) is 13.2 Å². The van der Waals surface area contributed by atoms with E-state index in [1.54, 1.807) is 0 Å². The van der Waals surface area contributed by atoms with Gasteiger partial charge in [-0.3, -0.25) is 14.5 Å². The normalized spacial score (nSPS) is 22.1. The second kappa shape index (κ2) is 5.96. The lowest BCUT2D eigenvalue weighted by atomic mass is 10.2. The molecule has 92 valence electrons. The quantitative estimate of drug-likeness (QED) is 0.724. The van der Waals surface area contributed by atoms with Crippen molar-refractivity contribution in [3.8, 4) is 0 Å². The molecule has 16 heavy (non-hydrogen) atoms. The molecule has 0 saturated carbocycles. The Hall–Kier alpha value is -0.940. The zero-order chi connectivity index (χ0) is 12.1. The number of rotatable bonds is 4. The topological polar surface area (TPSA) is 58.6 Å². The van der Waals surface area contributed by atoms with Gasteiger partial charge in [-0.1, -0.05) is 0 Å². The number of hydrogen-bond donors (Lipinski definition) is 1. The number of amides is 1. The highest BCUT2D eigenvalue weighted by atomic mass is 16.5. The van der Waals surface area contributed by atoms with Gasteiger partial charge in [0.2, 0.25) is 0 Å². The van der Waals surface area contributed by atoms with E-state index in [1.165, 1.54) is 6.92 Å². The van der Waals surface area contributed by atoms with E-state index in [0.717, 1.165) is 6.54 Å². The molecule has 5 heteroatoms. The summed E-state index contributed by atoms with van der Waals surface area (Å²) in [4.78, 5) is 24.6. The Labute approximate surface area is 96.1 Å². The number of ketones is 1. The molecule has 1 atom stereocenters. The summed E-state index contributed by atoms with van der Waals surface area (Å²) < 4.78 is 5.39. The first-order valence-corrected chi connectivity index (χ1v) is 5.63. The molecule has 1 aliphatic heterocycles. The molecule has 1 amide bonds. The second-order valence-corrected chi connectivity index (χ2v) is 4.37. The maximum absolute atomic E-state index is 11.7. The molecule has 1 saturated heterocycles. The monoisotopic (exact) mass is 228 g/mol. The van der Waals surface area contributed by atoms with Crippen molar-refractivity contribution in [1.82, 2.24) is 10.2 Å². The van der Waals surface area contributed by atoms with Crippen molar-refractivity contribution in [3.05, 3.63) is 0 Å². The first kappa shape index (κ1) is 13.1. The van der Waals surface area contributed by atoms with Gasteiger partial charge in [-0.25, -0.2) is 0 Å². The van der Waals surface area contributed by atoms with Crippen molar-refractivity contribution >= 4 is 11.7 Å². The number of ether oxygens (including phenoxy) is 1. The molecule has 0 aromatic rings. The molecule has 0 unspecified atom stereocenters. The molecule has 1 aliphatic rings. The fourth-order valence-electron chi connectivity index (χ4n) is 1.62. The minimum absolute atomic E-state index is 0.0510. The van der Waals surface area contributed by atoms with Crippen molar-refractivity contribution in [2.45, 2.75) is 32.9 Å². The Morgan fingerprint density at radius 3 is 2.75 bits per heavy atom. The highest BCUT2D eigenvalue weighted by Crippen LogP contribution is 2.08. The van der Waals surface area contributed by atoms with Gasteiger partial charge in [0.1, 0.15) is 11.9 Å². The first-order valence-electron chi connectivity index (χ1n) is 5.63. The summed E-state index contributed by atoms with van der Waals surface area (Å²) in [6, 6.07) is 0.409. The Morgan fingerprint density at radius 2 is 2.19 bits per heavy atom. The minimum atomic E-state index is -0.449. The Balaban J connectivity index is 2.40. The lowest BCUT2D eigenvalue weighted by Gasteiger charge is -2.34. The van der Waals surface area contributed by atoms with Gasteiger partial charge in [0.25, 0.3) is 5.91 Å². The zero-order valence-electron chi connectivity index (χ0n) is 10.2. The van der Waals surface area contributed by atoms with Crippen LogP contribution in [0.5, 0.6) is 0 Å². The third-order valence-electron chi connectivity index (χ3n) is 2.63. The van der Waals surface area contributed by atoms with Gasteiger partial charge in [0, 0.05) is 19.1 Å². The lowest BCUT2D eigenvalue weighted by Crippen LogP contribution is -2.52. The van der Waals surface area contributed by atoms with Gasteiger partial charge < -0.3 is 10.1 Å². The summed E-state index contributed by atoms with van der Waals surface area (Å²) in [6.45, 7) is 7.74. The standard InChI is InChI=1S/C11H20N2O3/c1-8(2)13-4-5-16-10(7-13)11(15)12-6-9(3)14/h8,10H,4-7H2,1-3H3,(H,12,15)/t10-/m1/s1. The highest BCUT2D eigenvalue weighted by Gasteiger charge is 2.27. The van der Waals surface area contributed by atoms with E-state index in [9.17, 15) is 9.59 Å². The number of hydrogen-bond acceptors (Lipinski definition) is 4. The van der Waals surface area contributed by atoms with Crippen LogP contribution < -0.4 is 5.32 Å². The summed E-state index contributed by atoms with van der Waals surface area (Å²) in [7, 11) is 0. The Morgan fingerprint density at radius 1 is 1.50 bits per heavy atom. The Bertz CT molecular complexity index is 266. The largest absolute Gasteiger partial charge is 0.366 e. The number of nitrogens with one attached hydrogen (secondary N) is 1. The van der Waals surface area contributed by atoms with Crippen molar-refractivity contribution in [2.75, 3.05) is 26.2 Å². The lowest BCUT2D eigenvalue weighted by molar-refractivity contribution is -0.140. The van der Waals surface area contributed by atoms with Gasteiger partial charge in [-0.15, -0.1) is 0 Å². The highest BCUT2D eigenvalue weighted by molar-refractivity contribution is 5.86. The number of carbonyl (C=O) groups is 2. The van der Waals surface area contributed by atoms with Crippen molar-refractivity contribution in [1.29, 1.82) is 0 Å². The average molecular weight is 228 g/mol. The summed E-state index contributed by atoms with van der Waals surface area (Å²) in [6.07, 6.45) is -0.449. The molecule has 1 fully saturated rings. The smallest absolute Gasteiger partial charge is 0.250 e. The Kier molecular flexibility index (Phi) is 4.89. The van der Waals surface area contributed by atoms with E-state index in [4.69, 9.17) is 4.74 Å². The van der Waals surface area contributed by atoms with Crippen LogP contribution in [0.2, 0.25) is 0 Å². The third-order valence-corrected chi connectivity index (χ3v) is 2.63. The molecule has 1 rings (SSSR count). The van der Waals surface area contributed by atoms with Gasteiger partial charge >= 0.3 is 0 Å². The summed E-state index contributed by atoms with van der Waals surface area (Å²) in [5.41, 5.74) is 0. The molecule has 1 N–H and O–H groups in total. The van der Waals surface area contributed by atoms with Crippen LogP contribution in [0.3, 0.4) is 0 Å². The molecule has 0 radical (unpaired) electrons. The average Bonchev–Trinajstić information content (AvgIpc) is 2.26. The second-order valence-electron chi connectivity index (χ2n) is 4.37. The zero-order valence-corrected chi connectivity index (χ0v) is 10.2. The maximum atomic E-state index is 11.7. The van der Waals surface area contributed by atoms with Crippen LogP contribution in [0.1, 0.15) is 20.8 Å². The van der Waals surface area contributed by atoms with E-state index in [0.29, 0.717) is 19.2 Å². The summed E-state index contributed by atoms with van der Waals surface area (Å²) >= 11 is 0. The molecule has 5 nitrogen and oxygen atoms in total. The van der Waals surface area contributed by atoms with Crippen molar-refractivity contribution < 1.29 is 14.3 Å². The number of nitrogens with zero attached hydrogens (tertiary/aromatic N) is 1. The van der Waals surface area contributed by atoms with Crippen LogP contribution in [0, 0.1) is 0 Å². The number of morpholine rings is 1. The van der Waals surface area contributed by atoms with Crippen molar-refractivity contribution in [3.63, 3.8) is 0 Å². The SMILES string of the molecule is CC(=O)CNC(=O)[C@H]1CN(C(C)C)CCO1. The maximum Gasteiger partial charge on any atom is 0.250 e. The third kappa shape index (κ3) is 3.90. The van der Waals surface area contributed by atoms with Crippen molar-refractivity contribution in [2.24, 2.45) is 0 Å². The number of Topliss-reactive ketones (excluding diaryl/α,β-unsaturated/α-hetero) is 1. The fraction of sp³-hybridized carbons (Fsp3) is 0.818. The van der Waals surface area contributed by atoms with Crippen LogP contribution in [-0.4, -0.2) is 55.0 Å². The van der Waals surface area contributed by atoms with Crippen LogP contribution in [0.25, 0.3) is 0 Å². The molecule has 1 heterocycles. The molecule has 0 bridgehead atoms. The van der Waals surface area contributed by atoms with E-state index in [2.05, 4.69) is 24.1 Å².